The summed E-state index contributed by atoms with van der Waals surface area (Å²) in [6.07, 6.45) is 1.68. The van der Waals surface area contributed by atoms with Gasteiger partial charge in [-0.05, 0) is 50.1 Å². The molecule has 3 aromatic rings. The molecule has 1 N–H and O–H groups in total. The number of methoxy groups -OCH3 is 1. The van der Waals surface area contributed by atoms with Crippen LogP contribution in [0.2, 0.25) is 5.02 Å². The highest BCUT2D eigenvalue weighted by atomic mass is 35.5. The van der Waals surface area contributed by atoms with E-state index in [0.29, 0.717) is 22.1 Å². The Morgan fingerprint density at radius 3 is 2.73 bits per heavy atom. The van der Waals surface area contributed by atoms with E-state index in [0.717, 1.165) is 35.6 Å². The normalized spacial score (nSPS) is 15.9. The van der Waals surface area contributed by atoms with E-state index in [4.69, 9.17) is 11.6 Å². The molecule has 33 heavy (non-hydrogen) atoms. The van der Waals surface area contributed by atoms with Crippen molar-refractivity contribution in [2.24, 2.45) is 0 Å². The minimum atomic E-state index is -0.714. The highest BCUT2D eigenvalue weighted by Gasteiger charge is 2.25. The Hall–Kier alpha value is -2.97. The maximum absolute atomic E-state index is 14.0. The fourth-order valence-electron chi connectivity index (χ4n) is 3.88. The molecule has 0 aliphatic carbocycles. The van der Waals surface area contributed by atoms with Crippen LogP contribution in [0.5, 0.6) is 0 Å². The number of esters is 1. The molecule has 1 unspecified atom stereocenters. The number of hydrogen-bond acceptors (Lipinski definition) is 6. The Balaban J connectivity index is 1.46. The van der Waals surface area contributed by atoms with E-state index in [2.05, 4.69) is 15.0 Å². The van der Waals surface area contributed by atoms with E-state index in [1.807, 2.05) is 24.0 Å². The Bertz CT molecular complexity index is 1180. The molecule has 9 heteroatoms. The van der Waals surface area contributed by atoms with Gasteiger partial charge in [0.15, 0.2) is 0 Å². The van der Waals surface area contributed by atoms with Gasteiger partial charge in [-0.25, -0.2) is 14.2 Å². The summed E-state index contributed by atoms with van der Waals surface area (Å²) in [6.45, 7) is 3.13. The van der Waals surface area contributed by atoms with Gasteiger partial charge in [-0.3, -0.25) is 4.79 Å². The quantitative estimate of drug-likeness (QED) is 0.507. The summed E-state index contributed by atoms with van der Waals surface area (Å²) in [6, 6.07) is 11.7. The predicted octanol–water partition coefficient (Wildman–Crippen LogP) is 5.10. The van der Waals surface area contributed by atoms with Crippen molar-refractivity contribution in [2.75, 3.05) is 25.1 Å². The molecule has 1 fully saturated rings. The van der Waals surface area contributed by atoms with Crippen LogP contribution in [0.3, 0.4) is 0 Å². The highest BCUT2D eigenvalue weighted by Crippen LogP contribution is 2.29. The van der Waals surface area contributed by atoms with E-state index in [-0.39, 0.29) is 17.5 Å². The second-order valence-electron chi connectivity index (χ2n) is 7.85. The molecule has 0 bridgehead atoms. The average Bonchev–Trinajstić information content (AvgIpc) is 3.21. The Kier molecular flexibility index (Phi) is 6.95. The van der Waals surface area contributed by atoms with Crippen LogP contribution in [-0.2, 0) is 4.74 Å². The van der Waals surface area contributed by atoms with E-state index < -0.39 is 11.8 Å². The number of piperidine rings is 1. The average molecular weight is 488 g/mol. The van der Waals surface area contributed by atoms with Gasteiger partial charge < -0.3 is 15.0 Å². The lowest BCUT2D eigenvalue weighted by Crippen LogP contribution is -2.47. The molecule has 6 nitrogen and oxygen atoms in total. The number of aryl methyl sites for hydroxylation is 1. The lowest BCUT2D eigenvalue weighted by atomic mass is 10.0. The van der Waals surface area contributed by atoms with Crippen LogP contribution in [0.1, 0.15) is 38.6 Å². The van der Waals surface area contributed by atoms with Gasteiger partial charge in [0.05, 0.1) is 18.4 Å². The third kappa shape index (κ3) is 5.17. The van der Waals surface area contributed by atoms with Crippen molar-refractivity contribution in [3.05, 3.63) is 69.4 Å². The molecule has 1 aromatic heterocycles. The summed E-state index contributed by atoms with van der Waals surface area (Å²) in [5, 5.41) is 4.52. The van der Waals surface area contributed by atoms with E-state index >= 15 is 0 Å². The number of benzene rings is 2. The lowest BCUT2D eigenvalue weighted by Gasteiger charge is -2.35. The molecular weight excluding hydrogens is 465 g/mol. The summed E-state index contributed by atoms with van der Waals surface area (Å²) in [4.78, 5) is 32.0. The fraction of sp³-hybridized carbons (Fsp3) is 0.292. The first kappa shape index (κ1) is 23.2. The summed E-state index contributed by atoms with van der Waals surface area (Å²) in [5.41, 5.74) is 2.20. The molecule has 2 heterocycles. The Labute approximate surface area is 200 Å². The number of aromatic nitrogens is 1. The minimum Gasteiger partial charge on any atom is -0.465 e. The van der Waals surface area contributed by atoms with Crippen LogP contribution < -0.4 is 10.2 Å². The predicted molar refractivity (Wildman–Crippen MR) is 128 cm³/mol. The smallest absolute Gasteiger partial charge is 0.340 e. The first-order chi connectivity index (χ1) is 15.9. The first-order valence-electron chi connectivity index (χ1n) is 10.5. The van der Waals surface area contributed by atoms with Crippen molar-refractivity contribution >= 4 is 40.5 Å². The van der Waals surface area contributed by atoms with Gasteiger partial charge in [-0.2, -0.15) is 0 Å². The van der Waals surface area contributed by atoms with Crippen LogP contribution >= 0.6 is 22.9 Å². The maximum atomic E-state index is 14.0. The third-order valence-electron chi connectivity index (χ3n) is 5.57. The largest absolute Gasteiger partial charge is 0.465 e. The number of carbonyl (C=O) groups excluding carboxylic acids is 2. The number of nitrogens with one attached hydrogen (secondary N) is 1. The number of anilines is 1. The minimum absolute atomic E-state index is 0.0849. The number of nitrogens with zero attached hydrogens (tertiary/aromatic N) is 2. The number of amides is 1. The van der Waals surface area contributed by atoms with Crippen LogP contribution in [0.25, 0.3) is 10.6 Å². The second-order valence-corrected chi connectivity index (χ2v) is 9.29. The van der Waals surface area contributed by atoms with Gasteiger partial charge in [0.2, 0.25) is 0 Å². The summed E-state index contributed by atoms with van der Waals surface area (Å²) in [7, 11) is 1.22. The van der Waals surface area contributed by atoms with Gasteiger partial charge in [-0.1, -0.05) is 23.7 Å². The maximum Gasteiger partial charge on any atom is 0.340 e. The standard InChI is InChI=1S/C24H23ClFN3O3S/c1-14-21(33-23(27-14)15-5-7-16(25)8-6-15)22(30)28-17-4-3-11-29(13-17)18-9-10-20(26)19(12-18)24(31)32-2/h5-10,12,17H,3-4,11,13H2,1-2H3,(H,28,30). The Morgan fingerprint density at radius 2 is 2.00 bits per heavy atom. The highest BCUT2D eigenvalue weighted by molar-refractivity contribution is 7.17. The van der Waals surface area contributed by atoms with E-state index in [9.17, 15) is 14.0 Å². The van der Waals surface area contributed by atoms with Crippen molar-refractivity contribution in [3.8, 4) is 10.6 Å². The number of carbonyl (C=O) groups is 2. The van der Waals surface area contributed by atoms with Crippen LogP contribution in [0.4, 0.5) is 10.1 Å². The zero-order valence-electron chi connectivity index (χ0n) is 18.2. The SMILES string of the molecule is COC(=O)c1cc(N2CCCC(NC(=O)c3sc(-c4ccc(Cl)cc4)nc3C)C2)ccc1F. The van der Waals surface area contributed by atoms with Crippen molar-refractivity contribution in [1.82, 2.24) is 10.3 Å². The molecule has 0 saturated carbocycles. The zero-order valence-corrected chi connectivity index (χ0v) is 19.8. The monoisotopic (exact) mass is 487 g/mol. The second kappa shape index (κ2) is 9.89. The van der Waals surface area contributed by atoms with Gasteiger partial charge in [-0.15, -0.1) is 11.3 Å². The van der Waals surface area contributed by atoms with Gasteiger partial charge in [0.25, 0.3) is 5.91 Å². The molecule has 1 saturated heterocycles. The zero-order chi connectivity index (χ0) is 23.5. The van der Waals surface area contributed by atoms with Crippen LogP contribution in [0, 0.1) is 12.7 Å². The molecule has 172 valence electrons. The number of halogens is 2. The molecular formula is C24H23ClFN3O3S. The lowest BCUT2D eigenvalue weighted by molar-refractivity contribution is 0.0595. The van der Waals surface area contributed by atoms with Crippen LogP contribution in [0.15, 0.2) is 42.5 Å². The Morgan fingerprint density at radius 1 is 1.24 bits per heavy atom. The van der Waals surface area contributed by atoms with Crippen molar-refractivity contribution < 1.29 is 18.7 Å². The topological polar surface area (TPSA) is 71.5 Å². The third-order valence-corrected chi connectivity index (χ3v) is 7.03. The van der Waals surface area contributed by atoms with Crippen LogP contribution in [-0.4, -0.2) is 43.1 Å². The molecule has 1 aliphatic heterocycles. The van der Waals surface area contributed by atoms with Gasteiger partial charge >= 0.3 is 5.97 Å². The molecule has 1 amide bonds. The fourth-order valence-corrected chi connectivity index (χ4v) is 4.98. The van der Waals surface area contributed by atoms with E-state index in [1.165, 1.54) is 30.6 Å². The number of ether oxygens (including phenoxy) is 1. The summed E-state index contributed by atoms with van der Waals surface area (Å²) >= 11 is 7.31. The van der Waals surface area contributed by atoms with Crippen molar-refractivity contribution in [2.45, 2.75) is 25.8 Å². The summed E-state index contributed by atoms with van der Waals surface area (Å²) in [5.74, 6) is -1.50. The summed E-state index contributed by atoms with van der Waals surface area (Å²) < 4.78 is 18.7. The van der Waals surface area contributed by atoms with E-state index in [1.54, 1.807) is 18.2 Å². The van der Waals surface area contributed by atoms with Crippen molar-refractivity contribution in [1.29, 1.82) is 0 Å². The molecule has 0 spiro atoms. The molecule has 1 atom stereocenters. The molecule has 1 aliphatic rings. The number of thiazole rings is 1. The molecule has 0 radical (unpaired) electrons. The number of rotatable bonds is 5. The van der Waals surface area contributed by atoms with Gasteiger partial charge in [0.1, 0.15) is 15.7 Å². The van der Waals surface area contributed by atoms with Crippen molar-refractivity contribution in [3.63, 3.8) is 0 Å². The molecule has 4 rings (SSSR count). The first-order valence-corrected chi connectivity index (χ1v) is 11.7. The molecule has 2 aromatic carbocycles. The van der Waals surface area contributed by atoms with Gasteiger partial charge in [0, 0.05) is 35.4 Å². The number of hydrogen-bond donors (Lipinski definition) is 1.